The molecule has 0 aliphatic heterocycles. The van der Waals surface area contributed by atoms with Crippen LogP contribution in [0.1, 0.15) is 50.7 Å². The summed E-state index contributed by atoms with van der Waals surface area (Å²) in [4.78, 5) is 1.96. The van der Waals surface area contributed by atoms with Crippen molar-refractivity contribution in [2.24, 2.45) is 0 Å². The molecule has 0 unspecified atom stereocenters. The van der Waals surface area contributed by atoms with E-state index in [1.165, 1.54) is 6.07 Å². The minimum atomic E-state index is -4.50. The van der Waals surface area contributed by atoms with Gasteiger partial charge in [0.2, 0.25) is 0 Å². The summed E-state index contributed by atoms with van der Waals surface area (Å²) >= 11 is 0. The molecular weight excluding hydrogens is 277 g/mol. The third-order valence-corrected chi connectivity index (χ3v) is 3.32. The molecule has 2 nitrogen and oxygen atoms in total. The van der Waals surface area contributed by atoms with Crippen LogP contribution < -0.4 is 4.90 Å². The molecule has 0 atom stereocenters. The first-order chi connectivity index (χ1) is 9.93. The fraction of sp³-hybridized carbons (Fsp3) is 0.562. The van der Waals surface area contributed by atoms with Gasteiger partial charge in [0.25, 0.3) is 0 Å². The van der Waals surface area contributed by atoms with Gasteiger partial charge in [-0.15, -0.1) is 0 Å². The second kappa shape index (κ2) is 7.92. The van der Waals surface area contributed by atoms with E-state index in [1.54, 1.807) is 12.1 Å². The summed E-state index contributed by atoms with van der Waals surface area (Å²) < 4.78 is 39.0. The molecular formula is C16H21F3N2. The minimum Gasteiger partial charge on any atom is -0.372 e. The van der Waals surface area contributed by atoms with Crippen LogP contribution in [-0.2, 0) is 6.18 Å². The van der Waals surface area contributed by atoms with Crippen molar-refractivity contribution in [3.05, 3.63) is 29.3 Å². The smallest absolute Gasteiger partial charge is 0.372 e. The van der Waals surface area contributed by atoms with E-state index in [0.717, 1.165) is 38.3 Å². The Morgan fingerprint density at radius 1 is 1.10 bits per heavy atom. The number of rotatable bonds is 7. The number of nitrogens with zero attached hydrogens (tertiary/aromatic N) is 2. The zero-order chi connectivity index (χ0) is 15.9. The first-order valence-electron chi connectivity index (χ1n) is 7.30. The van der Waals surface area contributed by atoms with E-state index in [4.69, 9.17) is 5.26 Å². The molecule has 0 aromatic heterocycles. The largest absolute Gasteiger partial charge is 0.417 e. The Labute approximate surface area is 124 Å². The Hall–Kier alpha value is -1.70. The predicted octanol–water partition coefficient (Wildman–Crippen LogP) is 4.98. The molecule has 21 heavy (non-hydrogen) atoms. The van der Waals surface area contributed by atoms with Gasteiger partial charge in [-0.3, -0.25) is 0 Å². The highest BCUT2D eigenvalue weighted by Crippen LogP contribution is 2.34. The van der Waals surface area contributed by atoms with E-state index < -0.39 is 11.7 Å². The van der Waals surface area contributed by atoms with Crippen molar-refractivity contribution >= 4 is 5.69 Å². The number of anilines is 1. The normalized spacial score (nSPS) is 11.2. The monoisotopic (exact) mass is 298 g/mol. The van der Waals surface area contributed by atoms with E-state index in [2.05, 4.69) is 6.92 Å². The van der Waals surface area contributed by atoms with Crippen molar-refractivity contribution in [3.63, 3.8) is 0 Å². The molecule has 1 aromatic rings. The standard InChI is InChI=1S/C16H21F3N2/c1-3-5-6-10-21(9-4-2)14-8-7-13(12-20)15(11-14)16(17,18)19/h7-8,11H,3-6,9-10H2,1-2H3. The second-order valence-electron chi connectivity index (χ2n) is 5.03. The molecule has 0 aliphatic carbocycles. The minimum absolute atomic E-state index is 0.323. The number of hydrogen-bond donors (Lipinski definition) is 0. The zero-order valence-corrected chi connectivity index (χ0v) is 12.5. The molecule has 0 N–H and O–H groups in total. The van der Waals surface area contributed by atoms with Gasteiger partial charge < -0.3 is 4.90 Å². The summed E-state index contributed by atoms with van der Waals surface area (Å²) in [6, 6.07) is 5.58. The summed E-state index contributed by atoms with van der Waals surface area (Å²) in [6.07, 6.45) is -0.544. The van der Waals surface area contributed by atoms with Crippen molar-refractivity contribution in [2.75, 3.05) is 18.0 Å². The molecule has 0 saturated heterocycles. The molecule has 0 saturated carbocycles. The first kappa shape index (κ1) is 17.4. The van der Waals surface area contributed by atoms with Crippen LogP contribution in [0.15, 0.2) is 18.2 Å². The van der Waals surface area contributed by atoms with E-state index in [1.807, 2.05) is 11.8 Å². The number of halogens is 3. The van der Waals surface area contributed by atoms with E-state index in [0.29, 0.717) is 12.2 Å². The first-order valence-corrected chi connectivity index (χ1v) is 7.30. The molecule has 1 aromatic carbocycles. The fourth-order valence-corrected chi connectivity index (χ4v) is 2.25. The fourth-order valence-electron chi connectivity index (χ4n) is 2.25. The van der Waals surface area contributed by atoms with Gasteiger partial charge in [0.15, 0.2) is 0 Å². The number of alkyl halides is 3. The molecule has 0 bridgehead atoms. The van der Waals surface area contributed by atoms with E-state index >= 15 is 0 Å². The SMILES string of the molecule is CCCCCN(CCC)c1ccc(C#N)c(C(F)(F)F)c1. The summed E-state index contributed by atoms with van der Waals surface area (Å²) in [5.41, 5.74) is -0.630. The van der Waals surface area contributed by atoms with Gasteiger partial charge in [0.05, 0.1) is 17.2 Å². The Morgan fingerprint density at radius 2 is 1.81 bits per heavy atom. The maximum atomic E-state index is 13.0. The van der Waals surface area contributed by atoms with Crippen LogP contribution >= 0.6 is 0 Å². The molecule has 1 rings (SSSR count). The van der Waals surface area contributed by atoms with Gasteiger partial charge in [-0.25, -0.2) is 0 Å². The maximum absolute atomic E-state index is 13.0. The molecule has 0 spiro atoms. The van der Waals surface area contributed by atoms with Gasteiger partial charge in [0.1, 0.15) is 0 Å². The molecule has 0 heterocycles. The Kier molecular flexibility index (Phi) is 6.54. The third-order valence-electron chi connectivity index (χ3n) is 3.32. The van der Waals surface area contributed by atoms with Crippen LogP contribution in [0.5, 0.6) is 0 Å². The van der Waals surface area contributed by atoms with Crippen molar-refractivity contribution in [2.45, 2.75) is 45.7 Å². The number of unbranched alkanes of at least 4 members (excludes halogenated alkanes) is 2. The summed E-state index contributed by atoms with van der Waals surface area (Å²) in [5.74, 6) is 0. The lowest BCUT2D eigenvalue weighted by Gasteiger charge is -2.25. The summed E-state index contributed by atoms with van der Waals surface area (Å²) in [6.45, 7) is 5.55. The van der Waals surface area contributed by atoms with E-state index in [-0.39, 0.29) is 5.56 Å². The van der Waals surface area contributed by atoms with Crippen LogP contribution in [0.25, 0.3) is 0 Å². The van der Waals surface area contributed by atoms with Crippen molar-refractivity contribution in [3.8, 4) is 6.07 Å². The van der Waals surface area contributed by atoms with Crippen molar-refractivity contribution in [1.82, 2.24) is 0 Å². The zero-order valence-electron chi connectivity index (χ0n) is 12.5. The molecule has 0 aliphatic rings. The average Bonchev–Trinajstić information content (AvgIpc) is 2.45. The van der Waals surface area contributed by atoms with Crippen molar-refractivity contribution in [1.29, 1.82) is 5.26 Å². The van der Waals surface area contributed by atoms with Crippen LogP contribution in [0, 0.1) is 11.3 Å². The molecule has 0 radical (unpaired) electrons. The van der Waals surface area contributed by atoms with Gasteiger partial charge in [-0.2, -0.15) is 18.4 Å². The highest BCUT2D eigenvalue weighted by Gasteiger charge is 2.34. The summed E-state index contributed by atoms with van der Waals surface area (Å²) in [5, 5.41) is 8.82. The number of nitriles is 1. The molecule has 0 amide bonds. The lowest BCUT2D eigenvalue weighted by molar-refractivity contribution is -0.137. The Bertz CT molecular complexity index is 489. The second-order valence-corrected chi connectivity index (χ2v) is 5.03. The van der Waals surface area contributed by atoms with Gasteiger partial charge >= 0.3 is 6.18 Å². The number of benzene rings is 1. The Balaban J connectivity index is 3.06. The van der Waals surface area contributed by atoms with Crippen LogP contribution in [0.4, 0.5) is 18.9 Å². The van der Waals surface area contributed by atoms with Gasteiger partial charge in [0, 0.05) is 18.8 Å². The molecule has 5 heteroatoms. The van der Waals surface area contributed by atoms with Crippen LogP contribution in [0.2, 0.25) is 0 Å². The van der Waals surface area contributed by atoms with Crippen LogP contribution in [0.3, 0.4) is 0 Å². The topological polar surface area (TPSA) is 27.0 Å². The average molecular weight is 298 g/mol. The quantitative estimate of drug-likeness (QED) is 0.663. The van der Waals surface area contributed by atoms with Gasteiger partial charge in [-0.05, 0) is 31.0 Å². The van der Waals surface area contributed by atoms with E-state index in [9.17, 15) is 13.2 Å². The lowest BCUT2D eigenvalue weighted by Crippen LogP contribution is -2.25. The maximum Gasteiger partial charge on any atom is 0.417 e. The van der Waals surface area contributed by atoms with Gasteiger partial charge in [-0.1, -0.05) is 26.7 Å². The number of hydrogen-bond acceptors (Lipinski definition) is 2. The van der Waals surface area contributed by atoms with Crippen molar-refractivity contribution < 1.29 is 13.2 Å². The van der Waals surface area contributed by atoms with Crippen LogP contribution in [-0.4, -0.2) is 13.1 Å². The third kappa shape index (κ3) is 4.96. The molecule has 116 valence electrons. The lowest BCUT2D eigenvalue weighted by atomic mass is 10.1. The highest BCUT2D eigenvalue weighted by molar-refractivity contribution is 5.54. The Morgan fingerprint density at radius 3 is 2.33 bits per heavy atom. The summed E-state index contributed by atoms with van der Waals surface area (Å²) in [7, 11) is 0. The molecule has 0 fully saturated rings. The predicted molar refractivity (Wildman–Crippen MR) is 78.2 cm³/mol. The highest BCUT2D eigenvalue weighted by atomic mass is 19.4.